The second-order valence-corrected chi connectivity index (χ2v) is 4.89. The molecule has 0 spiro atoms. The molecule has 2 rings (SSSR count). The van der Waals surface area contributed by atoms with Crippen molar-refractivity contribution in [3.8, 4) is 0 Å². The Labute approximate surface area is 93.9 Å². The van der Waals surface area contributed by atoms with Gasteiger partial charge in [-0.2, -0.15) is 0 Å². The Morgan fingerprint density at radius 3 is 2.67 bits per heavy atom. The van der Waals surface area contributed by atoms with Gasteiger partial charge in [-0.05, 0) is 50.3 Å². The third-order valence-corrected chi connectivity index (χ3v) is 3.76. The van der Waals surface area contributed by atoms with Crippen LogP contribution in [0.3, 0.4) is 0 Å². The fourth-order valence-corrected chi connectivity index (χ4v) is 2.60. The molecule has 0 N–H and O–H groups in total. The first kappa shape index (κ1) is 10.9. The average molecular weight is 205 g/mol. The van der Waals surface area contributed by atoms with E-state index in [1.807, 2.05) is 0 Å². The van der Waals surface area contributed by atoms with Crippen molar-refractivity contribution in [2.24, 2.45) is 5.92 Å². The van der Waals surface area contributed by atoms with E-state index in [0.29, 0.717) is 0 Å². The molecule has 84 valence electrons. The quantitative estimate of drug-likeness (QED) is 0.682. The summed E-state index contributed by atoms with van der Waals surface area (Å²) in [5.74, 6) is 0.997. The van der Waals surface area contributed by atoms with E-state index in [2.05, 4.69) is 30.1 Å². The summed E-state index contributed by atoms with van der Waals surface area (Å²) in [5, 5.41) is 0. The van der Waals surface area contributed by atoms with Gasteiger partial charge in [-0.25, -0.2) is 0 Å². The minimum absolute atomic E-state index is 0.997. The minimum atomic E-state index is 0.997. The zero-order valence-corrected chi connectivity index (χ0v) is 9.91. The van der Waals surface area contributed by atoms with Crippen LogP contribution in [0.5, 0.6) is 0 Å². The SMILES string of the molecule is CCC1CCN(CC2=CCCC=C2)CC1. The monoisotopic (exact) mass is 205 g/mol. The molecule has 1 heteroatoms. The topological polar surface area (TPSA) is 3.24 Å². The highest BCUT2D eigenvalue weighted by molar-refractivity contribution is 5.23. The normalized spacial score (nSPS) is 24.2. The van der Waals surface area contributed by atoms with Gasteiger partial charge in [0.2, 0.25) is 0 Å². The molecule has 1 nitrogen and oxygen atoms in total. The Bertz CT molecular complexity index is 244. The van der Waals surface area contributed by atoms with Gasteiger partial charge in [0.15, 0.2) is 0 Å². The first-order valence-corrected chi connectivity index (χ1v) is 6.46. The molecule has 1 heterocycles. The Kier molecular flexibility index (Phi) is 4.01. The summed E-state index contributed by atoms with van der Waals surface area (Å²) in [6, 6.07) is 0. The zero-order chi connectivity index (χ0) is 10.5. The summed E-state index contributed by atoms with van der Waals surface area (Å²) in [5.41, 5.74) is 1.54. The highest BCUT2D eigenvalue weighted by Gasteiger charge is 2.17. The summed E-state index contributed by atoms with van der Waals surface area (Å²) in [6.45, 7) is 6.13. The van der Waals surface area contributed by atoms with Crippen LogP contribution in [-0.4, -0.2) is 24.5 Å². The van der Waals surface area contributed by atoms with Crippen LogP contribution in [0.1, 0.15) is 39.0 Å². The first-order valence-electron chi connectivity index (χ1n) is 6.46. The van der Waals surface area contributed by atoms with E-state index in [1.165, 1.54) is 57.3 Å². The summed E-state index contributed by atoms with van der Waals surface area (Å²) < 4.78 is 0. The molecule has 0 saturated carbocycles. The van der Waals surface area contributed by atoms with Gasteiger partial charge in [0.25, 0.3) is 0 Å². The lowest BCUT2D eigenvalue weighted by Gasteiger charge is -2.31. The Hall–Kier alpha value is -0.560. The maximum atomic E-state index is 2.62. The fraction of sp³-hybridized carbons (Fsp3) is 0.714. The standard InChI is InChI=1S/C14H23N/c1-2-13-8-10-15(11-9-13)12-14-6-4-3-5-7-14/h4,6-7,13H,2-3,5,8-12H2,1H3. The molecule has 0 aromatic heterocycles. The summed E-state index contributed by atoms with van der Waals surface area (Å²) in [6.07, 6.45) is 13.7. The summed E-state index contributed by atoms with van der Waals surface area (Å²) in [4.78, 5) is 2.62. The van der Waals surface area contributed by atoms with Crippen molar-refractivity contribution >= 4 is 0 Å². The van der Waals surface area contributed by atoms with E-state index in [1.54, 1.807) is 0 Å². The van der Waals surface area contributed by atoms with Crippen molar-refractivity contribution in [3.05, 3.63) is 23.8 Å². The predicted octanol–water partition coefficient (Wildman–Crippen LogP) is 3.38. The lowest BCUT2D eigenvalue weighted by Crippen LogP contribution is -2.34. The van der Waals surface area contributed by atoms with E-state index in [9.17, 15) is 0 Å². The van der Waals surface area contributed by atoms with Crippen LogP contribution >= 0.6 is 0 Å². The van der Waals surface area contributed by atoms with E-state index >= 15 is 0 Å². The van der Waals surface area contributed by atoms with Gasteiger partial charge >= 0.3 is 0 Å². The van der Waals surface area contributed by atoms with Gasteiger partial charge in [0.05, 0.1) is 0 Å². The number of hydrogen-bond acceptors (Lipinski definition) is 1. The molecule has 0 aromatic carbocycles. The maximum absolute atomic E-state index is 2.62. The number of hydrogen-bond donors (Lipinski definition) is 0. The Balaban J connectivity index is 1.76. The van der Waals surface area contributed by atoms with Gasteiger partial charge in [-0.1, -0.05) is 31.6 Å². The second-order valence-electron chi connectivity index (χ2n) is 4.89. The molecule has 0 unspecified atom stereocenters. The Morgan fingerprint density at radius 1 is 1.27 bits per heavy atom. The van der Waals surface area contributed by atoms with Crippen molar-refractivity contribution in [1.29, 1.82) is 0 Å². The third kappa shape index (κ3) is 3.20. The highest BCUT2D eigenvalue weighted by Crippen LogP contribution is 2.21. The first-order chi connectivity index (χ1) is 7.38. The van der Waals surface area contributed by atoms with Crippen LogP contribution in [0.15, 0.2) is 23.8 Å². The van der Waals surface area contributed by atoms with Crippen molar-refractivity contribution in [2.45, 2.75) is 39.0 Å². The van der Waals surface area contributed by atoms with E-state index in [4.69, 9.17) is 0 Å². The molecule has 0 bridgehead atoms. The number of allylic oxidation sites excluding steroid dienone is 2. The second kappa shape index (κ2) is 5.50. The number of rotatable bonds is 3. The van der Waals surface area contributed by atoms with E-state index in [-0.39, 0.29) is 0 Å². The van der Waals surface area contributed by atoms with Gasteiger partial charge in [0.1, 0.15) is 0 Å². The molecule has 1 saturated heterocycles. The van der Waals surface area contributed by atoms with Crippen LogP contribution in [0.25, 0.3) is 0 Å². The van der Waals surface area contributed by atoms with E-state index < -0.39 is 0 Å². The average Bonchev–Trinajstić information content (AvgIpc) is 2.31. The summed E-state index contributed by atoms with van der Waals surface area (Å²) >= 11 is 0. The number of piperidine rings is 1. The van der Waals surface area contributed by atoms with Crippen LogP contribution in [0.2, 0.25) is 0 Å². The van der Waals surface area contributed by atoms with Gasteiger partial charge < -0.3 is 0 Å². The molecular weight excluding hydrogens is 182 g/mol. The molecule has 2 aliphatic rings. The number of likely N-dealkylation sites (tertiary alicyclic amines) is 1. The molecular formula is C14H23N. The van der Waals surface area contributed by atoms with Crippen LogP contribution < -0.4 is 0 Å². The molecule has 15 heavy (non-hydrogen) atoms. The molecule has 1 aliphatic heterocycles. The lowest BCUT2D eigenvalue weighted by molar-refractivity contribution is 0.195. The molecule has 0 amide bonds. The zero-order valence-electron chi connectivity index (χ0n) is 9.91. The van der Waals surface area contributed by atoms with Gasteiger partial charge in [-0.3, -0.25) is 4.90 Å². The number of nitrogens with zero attached hydrogens (tertiary/aromatic N) is 1. The van der Waals surface area contributed by atoms with Crippen LogP contribution in [0, 0.1) is 5.92 Å². The molecule has 1 fully saturated rings. The molecule has 0 atom stereocenters. The summed E-state index contributed by atoms with van der Waals surface area (Å²) in [7, 11) is 0. The molecule has 0 radical (unpaired) electrons. The van der Waals surface area contributed by atoms with Crippen molar-refractivity contribution < 1.29 is 0 Å². The van der Waals surface area contributed by atoms with Gasteiger partial charge in [-0.15, -0.1) is 0 Å². The fourth-order valence-electron chi connectivity index (χ4n) is 2.60. The smallest absolute Gasteiger partial charge is 0.0230 e. The van der Waals surface area contributed by atoms with Crippen molar-refractivity contribution in [2.75, 3.05) is 19.6 Å². The van der Waals surface area contributed by atoms with Crippen molar-refractivity contribution in [1.82, 2.24) is 4.90 Å². The highest BCUT2D eigenvalue weighted by atomic mass is 15.1. The Morgan fingerprint density at radius 2 is 2.07 bits per heavy atom. The maximum Gasteiger partial charge on any atom is 0.0230 e. The van der Waals surface area contributed by atoms with Crippen molar-refractivity contribution in [3.63, 3.8) is 0 Å². The predicted molar refractivity (Wildman–Crippen MR) is 65.9 cm³/mol. The van der Waals surface area contributed by atoms with Crippen LogP contribution in [0.4, 0.5) is 0 Å². The molecule has 1 aliphatic carbocycles. The minimum Gasteiger partial charge on any atom is -0.299 e. The van der Waals surface area contributed by atoms with E-state index in [0.717, 1.165) is 5.92 Å². The lowest BCUT2D eigenvalue weighted by atomic mass is 9.94. The molecule has 0 aromatic rings. The largest absolute Gasteiger partial charge is 0.299 e. The van der Waals surface area contributed by atoms with Crippen LogP contribution in [-0.2, 0) is 0 Å². The third-order valence-electron chi connectivity index (χ3n) is 3.76. The van der Waals surface area contributed by atoms with Gasteiger partial charge in [0, 0.05) is 6.54 Å².